The van der Waals surface area contributed by atoms with E-state index in [0.29, 0.717) is 13.2 Å². The predicted octanol–water partition coefficient (Wildman–Crippen LogP) is 1.95. The van der Waals surface area contributed by atoms with Crippen molar-refractivity contribution in [3.05, 3.63) is 34.6 Å². The number of methoxy groups -OCH3 is 1. The Morgan fingerprint density at radius 1 is 1.48 bits per heavy atom. The highest BCUT2D eigenvalue weighted by Crippen LogP contribution is 2.44. The normalized spacial score (nSPS) is 30.0. The van der Waals surface area contributed by atoms with E-state index < -0.39 is 15.8 Å². The van der Waals surface area contributed by atoms with Gasteiger partial charge in [-0.25, -0.2) is 17.5 Å². The summed E-state index contributed by atoms with van der Waals surface area (Å²) in [5.41, 5.74) is 0.251. The molecule has 0 bridgehead atoms. The van der Waals surface area contributed by atoms with Crippen LogP contribution in [0.2, 0.25) is 5.02 Å². The molecule has 1 aromatic rings. The molecule has 5 nitrogen and oxygen atoms in total. The summed E-state index contributed by atoms with van der Waals surface area (Å²) in [6, 6.07) is 3.50. The number of nitrogens with one attached hydrogen (secondary N) is 1. The third kappa shape index (κ3) is 3.53. The smallest absolute Gasteiger partial charge is 0.216 e. The van der Waals surface area contributed by atoms with Gasteiger partial charge in [-0.1, -0.05) is 11.6 Å². The maximum Gasteiger partial charge on any atom is 0.216 e. The molecule has 4 atom stereocenters. The van der Waals surface area contributed by atoms with Crippen molar-refractivity contribution < 1.29 is 22.3 Å². The largest absolute Gasteiger partial charge is 0.384 e. The number of hydrogen-bond donors (Lipinski definition) is 1. The molecule has 0 spiro atoms. The quantitative estimate of drug-likeness (QED) is 0.839. The zero-order valence-electron chi connectivity index (χ0n) is 12.7. The van der Waals surface area contributed by atoms with Gasteiger partial charge < -0.3 is 9.47 Å². The average molecular weight is 364 g/mol. The van der Waals surface area contributed by atoms with E-state index in [-0.39, 0.29) is 40.3 Å². The van der Waals surface area contributed by atoms with Gasteiger partial charge in [0.25, 0.3) is 0 Å². The Morgan fingerprint density at radius 2 is 2.26 bits per heavy atom. The first-order chi connectivity index (χ1) is 10.9. The molecule has 2 fully saturated rings. The summed E-state index contributed by atoms with van der Waals surface area (Å²) in [4.78, 5) is 0. The van der Waals surface area contributed by atoms with Crippen molar-refractivity contribution in [3.63, 3.8) is 0 Å². The zero-order valence-corrected chi connectivity index (χ0v) is 14.2. The van der Waals surface area contributed by atoms with Crippen LogP contribution in [-0.2, 0) is 25.2 Å². The highest BCUT2D eigenvalue weighted by atomic mass is 35.5. The highest BCUT2D eigenvalue weighted by Gasteiger charge is 2.54. The minimum Gasteiger partial charge on any atom is -0.384 e. The number of hydrogen-bond acceptors (Lipinski definition) is 4. The Balaban J connectivity index is 1.72. The molecule has 1 heterocycles. The molecule has 8 heteroatoms. The number of benzene rings is 1. The fourth-order valence-corrected chi connectivity index (χ4v) is 5.26. The van der Waals surface area contributed by atoms with E-state index in [9.17, 15) is 12.8 Å². The summed E-state index contributed by atoms with van der Waals surface area (Å²) < 4.78 is 51.7. The first-order valence-corrected chi connectivity index (χ1v) is 9.49. The molecule has 1 saturated heterocycles. The highest BCUT2D eigenvalue weighted by molar-refractivity contribution is 7.88. The van der Waals surface area contributed by atoms with E-state index in [1.165, 1.54) is 12.1 Å². The Morgan fingerprint density at radius 3 is 3.00 bits per heavy atom. The van der Waals surface area contributed by atoms with E-state index in [1.807, 2.05) is 0 Å². The number of ether oxygens (including phenoxy) is 2. The van der Waals surface area contributed by atoms with Crippen LogP contribution in [0.15, 0.2) is 18.2 Å². The van der Waals surface area contributed by atoms with Gasteiger partial charge in [0.1, 0.15) is 5.82 Å². The first kappa shape index (κ1) is 17.1. The van der Waals surface area contributed by atoms with Crippen molar-refractivity contribution >= 4 is 21.6 Å². The van der Waals surface area contributed by atoms with Crippen LogP contribution in [0, 0.1) is 17.7 Å². The topological polar surface area (TPSA) is 64.6 Å². The lowest BCUT2D eigenvalue weighted by atomic mass is 9.68. The lowest BCUT2D eigenvalue weighted by molar-refractivity contribution is -0.0775. The van der Waals surface area contributed by atoms with Gasteiger partial charge in [-0.05, 0) is 30.2 Å². The van der Waals surface area contributed by atoms with Crippen molar-refractivity contribution in [1.82, 2.24) is 4.72 Å². The Bertz CT molecular complexity index is 684. The molecule has 23 heavy (non-hydrogen) atoms. The van der Waals surface area contributed by atoms with E-state index in [4.69, 9.17) is 21.1 Å². The Hall–Kier alpha value is -0.730. The lowest BCUT2D eigenvalue weighted by Crippen LogP contribution is -2.62. The summed E-state index contributed by atoms with van der Waals surface area (Å²) >= 11 is 5.96. The van der Waals surface area contributed by atoms with Crippen LogP contribution in [0.25, 0.3) is 0 Å². The van der Waals surface area contributed by atoms with E-state index in [2.05, 4.69) is 4.72 Å². The van der Waals surface area contributed by atoms with Crippen LogP contribution >= 0.6 is 11.6 Å². The maximum absolute atomic E-state index is 13.3. The fourth-order valence-electron chi connectivity index (χ4n) is 3.50. The van der Waals surface area contributed by atoms with Gasteiger partial charge in [0.15, 0.2) is 0 Å². The van der Waals surface area contributed by atoms with Crippen molar-refractivity contribution in [2.45, 2.75) is 24.3 Å². The van der Waals surface area contributed by atoms with Crippen LogP contribution in [0.4, 0.5) is 4.39 Å². The minimum absolute atomic E-state index is 0.00487. The monoisotopic (exact) mass is 363 g/mol. The van der Waals surface area contributed by atoms with Crippen LogP contribution < -0.4 is 4.72 Å². The minimum atomic E-state index is -3.64. The lowest BCUT2D eigenvalue weighted by Gasteiger charge is -2.47. The second-order valence-electron chi connectivity index (χ2n) is 6.05. The predicted molar refractivity (Wildman–Crippen MR) is 84.2 cm³/mol. The molecule has 128 valence electrons. The molecular weight excluding hydrogens is 345 g/mol. The Labute approximate surface area is 140 Å². The van der Waals surface area contributed by atoms with Crippen LogP contribution in [0.5, 0.6) is 0 Å². The van der Waals surface area contributed by atoms with Gasteiger partial charge in [-0.2, -0.15) is 0 Å². The third-order valence-corrected chi connectivity index (χ3v) is 6.25. The molecule has 0 unspecified atom stereocenters. The fraction of sp³-hybridized carbons (Fsp3) is 0.600. The van der Waals surface area contributed by atoms with Gasteiger partial charge in [-0.15, -0.1) is 0 Å². The molecule has 1 aromatic carbocycles. The van der Waals surface area contributed by atoms with Crippen LogP contribution in [0.1, 0.15) is 12.0 Å². The Kier molecular flexibility index (Phi) is 4.94. The van der Waals surface area contributed by atoms with Crippen molar-refractivity contribution in [3.8, 4) is 0 Å². The second-order valence-corrected chi connectivity index (χ2v) is 8.21. The molecule has 0 amide bonds. The van der Waals surface area contributed by atoms with Gasteiger partial charge >= 0.3 is 0 Å². The summed E-state index contributed by atoms with van der Waals surface area (Å²) in [5.74, 6) is -0.680. The molecule has 2 aliphatic rings. The molecule has 1 aliphatic carbocycles. The summed E-state index contributed by atoms with van der Waals surface area (Å²) in [6.45, 7) is 1.08. The molecule has 1 N–H and O–H groups in total. The summed E-state index contributed by atoms with van der Waals surface area (Å²) in [7, 11) is -2.05. The van der Waals surface area contributed by atoms with Gasteiger partial charge in [0.2, 0.25) is 10.0 Å². The summed E-state index contributed by atoms with van der Waals surface area (Å²) in [5, 5.41) is 0.237. The molecular formula is C15H19ClFNO4S. The number of halogens is 2. The van der Waals surface area contributed by atoms with Gasteiger partial charge in [0, 0.05) is 36.6 Å². The molecule has 1 saturated carbocycles. The number of rotatable bonds is 6. The SMILES string of the molecule is COC[C@@H]1[C@@H](NS(=O)(=O)Cc2cc(F)ccc2Cl)[C@@H]2CCO[C@H]12. The van der Waals surface area contributed by atoms with Crippen LogP contribution in [-0.4, -0.2) is 40.9 Å². The average Bonchev–Trinajstić information content (AvgIpc) is 2.91. The number of sulfonamides is 1. The summed E-state index contributed by atoms with van der Waals surface area (Å²) in [6.07, 6.45) is 0.888. The van der Waals surface area contributed by atoms with Gasteiger partial charge in [-0.3, -0.25) is 0 Å². The van der Waals surface area contributed by atoms with Crippen molar-refractivity contribution in [2.24, 2.45) is 11.8 Å². The third-order valence-electron chi connectivity index (χ3n) is 4.56. The van der Waals surface area contributed by atoms with Crippen molar-refractivity contribution in [2.75, 3.05) is 20.3 Å². The van der Waals surface area contributed by atoms with E-state index in [0.717, 1.165) is 12.5 Å². The number of fused-ring (bicyclic) bond motifs is 1. The first-order valence-electron chi connectivity index (χ1n) is 7.46. The second kappa shape index (κ2) is 6.64. The standard InChI is InChI=1S/C15H19ClFNO4S/c1-21-7-12-14(11-4-5-22-15(11)12)18-23(19,20)8-9-6-10(17)2-3-13(9)16/h2-3,6,11-12,14-15,18H,4-5,7-8H2,1H3/t11-,12+,14-,15-/m0/s1. The van der Waals surface area contributed by atoms with Crippen molar-refractivity contribution in [1.29, 1.82) is 0 Å². The molecule has 3 rings (SSSR count). The molecule has 1 aliphatic heterocycles. The molecule has 0 aromatic heterocycles. The van der Waals surface area contributed by atoms with Crippen LogP contribution in [0.3, 0.4) is 0 Å². The van der Waals surface area contributed by atoms with E-state index in [1.54, 1.807) is 7.11 Å². The maximum atomic E-state index is 13.3. The zero-order chi connectivity index (χ0) is 16.6. The molecule has 0 radical (unpaired) electrons. The van der Waals surface area contributed by atoms with Gasteiger partial charge in [0.05, 0.1) is 18.5 Å². The van der Waals surface area contributed by atoms with E-state index >= 15 is 0 Å².